The SMILES string of the molecule is CCC(Cl)(Cl)C(Cl)(Cl)CC(=O)OC. The first-order valence-corrected chi connectivity index (χ1v) is 5.10. The van der Waals surface area contributed by atoms with Crippen molar-refractivity contribution in [2.24, 2.45) is 0 Å². The number of halogens is 4. The Morgan fingerprint density at radius 3 is 2.00 bits per heavy atom. The number of rotatable bonds is 4. The third-order valence-corrected chi connectivity index (χ3v) is 4.05. The minimum absolute atomic E-state index is 0.243. The molecular formula is C7H10Cl4O2. The van der Waals surface area contributed by atoms with Crippen molar-refractivity contribution >= 4 is 52.4 Å². The average molecular weight is 268 g/mol. The highest BCUT2D eigenvalue weighted by Crippen LogP contribution is 2.47. The summed E-state index contributed by atoms with van der Waals surface area (Å²) in [5.74, 6) is -0.552. The van der Waals surface area contributed by atoms with Crippen LogP contribution in [0.1, 0.15) is 19.8 Å². The van der Waals surface area contributed by atoms with Gasteiger partial charge in [-0.1, -0.05) is 53.3 Å². The molecule has 0 aliphatic carbocycles. The van der Waals surface area contributed by atoms with Crippen molar-refractivity contribution in [3.05, 3.63) is 0 Å². The molecule has 0 aromatic carbocycles. The summed E-state index contributed by atoms with van der Waals surface area (Å²) in [7, 11) is 1.24. The van der Waals surface area contributed by atoms with Gasteiger partial charge >= 0.3 is 5.97 Å². The van der Waals surface area contributed by atoms with Gasteiger partial charge in [-0.05, 0) is 6.42 Å². The number of carbonyl (C=O) groups is 1. The second-order valence-electron chi connectivity index (χ2n) is 2.52. The van der Waals surface area contributed by atoms with Gasteiger partial charge in [0, 0.05) is 0 Å². The molecule has 0 bridgehead atoms. The predicted octanol–water partition coefficient (Wildman–Crippen LogP) is 3.31. The van der Waals surface area contributed by atoms with Crippen LogP contribution in [-0.2, 0) is 9.53 Å². The Bertz CT molecular complexity index is 191. The van der Waals surface area contributed by atoms with Crippen molar-refractivity contribution in [3.63, 3.8) is 0 Å². The van der Waals surface area contributed by atoms with E-state index in [0.717, 1.165) is 0 Å². The van der Waals surface area contributed by atoms with Crippen LogP contribution in [0.2, 0.25) is 0 Å². The first-order chi connectivity index (χ1) is 5.77. The molecule has 0 fully saturated rings. The van der Waals surface area contributed by atoms with Crippen LogP contribution in [0.3, 0.4) is 0 Å². The smallest absolute Gasteiger partial charge is 0.308 e. The number of carbonyl (C=O) groups excluding carboxylic acids is 1. The van der Waals surface area contributed by atoms with Crippen LogP contribution in [-0.4, -0.2) is 21.7 Å². The fraction of sp³-hybridized carbons (Fsp3) is 0.857. The van der Waals surface area contributed by atoms with Crippen molar-refractivity contribution in [1.29, 1.82) is 0 Å². The molecule has 0 spiro atoms. The molecule has 0 heterocycles. The first kappa shape index (κ1) is 13.6. The van der Waals surface area contributed by atoms with Gasteiger partial charge < -0.3 is 4.74 Å². The molecule has 0 N–H and O–H groups in total. The molecular weight excluding hydrogens is 258 g/mol. The van der Waals surface area contributed by atoms with Crippen LogP contribution in [0.25, 0.3) is 0 Å². The molecule has 78 valence electrons. The summed E-state index contributed by atoms with van der Waals surface area (Å²) in [5, 5.41) is 0. The van der Waals surface area contributed by atoms with Gasteiger partial charge in [0.1, 0.15) is 0 Å². The predicted molar refractivity (Wildman–Crippen MR) is 55.8 cm³/mol. The fourth-order valence-electron chi connectivity index (χ4n) is 0.641. The summed E-state index contributed by atoms with van der Waals surface area (Å²) in [6, 6.07) is 0. The molecule has 2 nitrogen and oxygen atoms in total. The van der Waals surface area contributed by atoms with E-state index < -0.39 is 14.6 Å². The molecule has 0 aliphatic rings. The van der Waals surface area contributed by atoms with Crippen LogP contribution in [0.4, 0.5) is 0 Å². The zero-order chi connectivity index (χ0) is 10.7. The second-order valence-corrected chi connectivity index (χ2v) is 5.48. The molecule has 0 aromatic heterocycles. The monoisotopic (exact) mass is 266 g/mol. The van der Waals surface area contributed by atoms with E-state index >= 15 is 0 Å². The molecule has 0 saturated heterocycles. The van der Waals surface area contributed by atoms with E-state index in [2.05, 4.69) is 4.74 Å². The Balaban J connectivity index is 4.47. The van der Waals surface area contributed by atoms with Crippen LogP contribution in [0.5, 0.6) is 0 Å². The molecule has 0 saturated carbocycles. The molecule has 0 amide bonds. The van der Waals surface area contributed by atoms with E-state index in [1.165, 1.54) is 7.11 Å². The number of hydrogen-bond acceptors (Lipinski definition) is 2. The summed E-state index contributed by atoms with van der Waals surface area (Å²) in [4.78, 5) is 10.9. The Kier molecular flexibility index (Phi) is 5.16. The summed E-state index contributed by atoms with van der Waals surface area (Å²) in [5.41, 5.74) is 0. The van der Waals surface area contributed by atoms with Gasteiger partial charge in [-0.25, -0.2) is 0 Å². The van der Waals surface area contributed by atoms with E-state index in [1.807, 2.05) is 0 Å². The Hall–Kier alpha value is 0.630. The number of hydrogen-bond donors (Lipinski definition) is 0. The van der Waals surface area contributed by atoms with Gasteiger partial charge in [-0.15, -0.1) is 0 Å². The zero-order valence-electron chi connectivity index (χ0n) is 7.24. The van der Waals surface area contributed by atoms with E-state index in [1.54, 1.807) is 6.92 Å². The molecule has 13 heavy (non-hydrogen) atoms. The van der Waals surface area contributed by atoms with Crippen LogP contribution < -0.4 is 0 Å². The van der Waals surface area contributed by atoms with Gasteiger partial charge in [-0.3, -0.25) is 4.79 Å². The summed E-state index contributed by atoms with van der Waals surface area (Å²) in [6.45, 7) is 1.72. The second kappa shape index (κ2) is 4.92. The van der Waals surface area contributed by atoms with Crippen molar-refractivity contribution in [2.45, 2.75) is 28.4 Å². The maximum atomic E-state index is 10.9. The molecule has 0 aliphatic heterocycles. The van der Waals surface area contributed by atoms with Crippen molar-refractivity contribution in [1.82, 2.24) is 0 Å². The molecule has 0 aromatic rings. The largest absolute Gasteiger partial charge is 0.469 e. The molecule has 6 heteroatoms. The highest BCUT2D eigenvalue weighted by Gasteiger charge is 2.47. The number of ether oxygens (including phenoxy) is 1. The molecule has 0 rings (SSSR count). The highest BCUT2D eigenvalue weighted by molar-refractivity contribution is 6.62. The van der Waals surface area contributed by atoms with E-state index in [9.17, 15) is 4.79 Å². The standard InChI is InChI=1S/C7H10Cl4O2/c1-3-6(8,9)7(10,11)4-5(12)13-2/h3-4H2,1-2H3. The first-order valence-electron chi connectivity index (χ1n) is 3.59. The van der Waals surface area contributed by atoms with E-state index in [4.69, 9.17) is 46.4 Å². The Morgan fingerprint density at radius 1 is 1.23 bits per heavy atom. The van der Waals surface area contributed by atoms with E-state index in [-0.39, 0.29) is 6.42 Å². The summed E-state index contributed by atoms with van der Waals surface area (Å²) >= 11 is 23.2. The minimum Gasteiger partial charge on any atom is -0.469 e. The van der Waals surface area contributed by atoms with Crippen LogP contribution in [0.15, 0.2) is 0 Å². The van der Waals surface area contributed by atoms with Gasteiger partial charge in [-0.2, -0.15) is 0 Å². The third-order valence-electron chi connectivity index (χ3n) is 1.57. The molecule has 0 radical (unpaired) electrons. The van der Waals surface area contributed by atoms with Crippen molar-refractivity contribution in [2.75, 3.05) is 7.11 Å². The van der Waals surface area contributed by atoms with Gasteiger partial charge in [0.15, 0.2) is 8.67 Å². The summed E-state index contributed by atoms with van der Waals surface area (Å²) < 4.78 is 1.51. The lowest BCUT2D eigenvalue weighted by Crippen LogP contribution is -2.38. The highest BCUT2D eigenvalue weighted by atomic mass is 35.5. The maximum Gasteiger partial charge on any atom is 0.308 e. The zero-order valence-corrected chi connectivity index (χ0v) is 10.3. The van der Waals surface area contributed by atoms with Gasteiger partial charge in [0.25, 0.3) is 0 Å². The lowest BCUT2D eigenvalue weighted by Gasteiger charge is -2.30. The number of esters is 1. The fourth-order valence-corrected chi connectivity index (χ4v) is 1.26. The maximum absolute atomic E-state index is 10.9. The lowest BCUT2D eigenvalue weighted by atomic mass is 10.1. The lowest BCUT2D eigenvalue weighted by molar-refractivity contribution is -0.140. The Labute approximate surface area is 97.4 Å². The Morgan fingerprint density at radius 2 is 1.69 bits per heavy atom. The number of methoxy groups -OCH3 is 1. The van der Waals surface area contributed by atoms with E-state index in [0.29, 0.717) is 6.42 Å². The molecule has 0 atom stereocenters. The van der Waals surface area contributed by atoms with Crippen LogP contribution in [0, 0.1) is 0 Å². The summed E-state index contributed by atoms with van der Waals surface area (Å²) in [6.07, 6.45) is 0.0908. The van der Waals surface area contributed by atoms with Crippen molar-refractivity contribution in [3.8, 4) is 0 Å². The average Bonchev–Trinajstić information content (AvgIpc) is 2.03. The van der Waals surface area contributed by atoms with Crippen molar-refractivity contribution < 1.29 is 9.53 Å². The van der Waals surface area contributed by atoms with Crippen LogP contribution >= 0.6 is 46.4 Å². The topological polar surface area (TPSA) is 26.3 Å². The third kappa shape index (κ3) is 3.70. The van der Waals surface area contributed by atoms with Gasteiger partial charge in [0.05, 0.1) is 13.5 Å². The van der Waals surface area contributed by atoms with Gasteiger partial charge in [0.2, 0.25) is 0 Å². The normalized spacial score (nSPS) is 12.8. The minimum atomic E-state index is -1.53. The number of alkyl halides is 4. The quantitative estimate of drug-likeness (QED) is 0.577. The molecule has 0 unspecified atom stereocenters.